The van der Waals surface area contributed by atoms with Crippen LogP contribution in [0.2, 0.25) is 0 Å². The summed E-state index contributed by atoms with van der Waals surface area (Å²) in [5.41, 5.74) is 0. The van der Waals surface area contributed by atoms with Gasteiger partial charge in [0.1, 0.15) is 19.3 Å². The molecule has 0 saturated carbocycles. The maximum Gasteiger partial charge on any atom is 0.472 e. The van der Waals surface area contributed by atoms with Crippen LogP contribution in [0.15, 0.2) is 0 Å². The van der Waals surface area contributed by atoms with Crippen molar-refractivity contribution in [1.29, 1.82) is 0 Å². The summed E-state index contributed by atoms with van der Waals surface area (Å²) in [7, 11) is -9.93. The van der Waals surface area contributed by atoms with Crippen molar-refractivity contribution in [2.75, 3.05) is 39.6 Å². The second-order valence-corrected chi connectivity index (χ2v) is 36.0. The number of carbonyl (C=O) groups is 4. The molecule has 0 aliphatic heterocycles. The summed E-state index contributed by atoms with van der Waals surface area (Å²) in [6.07, 6.45) is 74.9. The van der Waals surface area contributed by atoms with Gasteiger partial charge in [-0.1, -0.05) is 433 Å². The fourth-order valence-electron chi connectivity index (χ4n) is 14.1. The van der Waals surface area contributed by atoms with Gasteiger partial charge in [0.25, 0.3) is 0 Å². The van der Waals surface area contributed by atoms with E-state index < -0.39 is 97.5 Å². The molecular formula is C90H176O17P2. The van der Waals surface area contributed by atoms with Crippen LogP contribution < -0.4 is 0 Å². The molecule has 0 amide bonds. The zero-order chi connectivity index (χ0) is 79.9. The van der Waals surface area contributed by atoms with Gasteiger partial charge in [-0.3, -0.25) is 37.3 Å². The fraction of sp³-hybridized carbons (Fsp3) is 0.956. The number of ether oxygens (including phenoxy) is 4. The number of rotatable bonds is 89. The molecule has 6 atom stereocenters. The summed E-state index contributed by atoms with van der Waals surface area (Å²) < 4.78 is 69.1. The van der Waals surface area contributed by atoms with Crippen molar-refractivity contribution in [2.45, 2.75) is 503 Å². The normalized spacial score (nSPS) is 14.0. The molecule has 0 saturated heterocycles. The van der Waals surface area contributed by atoms with E-state index in [-0.39, 0.29) is 25.7 Å². The van der Waals surface area contributed by atoms with Crippen molar-refractivity contribution >= 4 is 39.5 Å². The van der Waals surface area contributed by atoms with E-state index in [2.05, 4.69) is 41.5 Å². The van der Waals surface area contributed by atoms with Crippen LogP contribution in [-0.4, -0.2) is 96.7 Å². The summed E-state index contributed by atoms with van der Waals surface area (Å²) in [5.74, 6) is -0.424. The fourth-order valence-corrected chi connectivity index (χ4v) is 15.7. The number of unbranched alkanes of at least 4 members (excludes halogenated alkanes) is 58. The second-order valence-electron chi connectivity index (χ2n) is 33.1. The second kappa shape index (κ2) is 81.2. The Morgan fingerprint density at radius 2 is 0.468 bits per heavy atom. The Hall–Kier alpha value is -1.94. The van der Waals surface area contributed by atoms with E-state index in [1.165, 1.54) is 302 Å². The number of aliphatic hydroxyl groups excluding tert-OH is 1. The smallest absolute Gasteiger partial charge is 0.462 e. The Balaban J connectivity index is 5.25. The van der Waals surface area contributed by atoms with Crippen LogP contribution in [0.5, 0.6) is 0 Å². The lowest BCUT2D eigenvalue weighted by molar-refractivity contribution is -0.161. The van der Waals surface area contributed by atoms with Crippen LogP contribution in [0.25, 0.3) is 0 Å². The lowest BCUT2D eigenvalue weighted by atomic mass is 9.99. The molecule has 0 bridgehead atoms. The maximum absolute atomic E-state index is 13.2. The number of carbonyl (C=O) groups excluding carboxylic acids is 4. The van der Waals surface area contributed by atoms with Crippen molar-refractivity contribution in [3.8, 4) is 0 Å². The Morgan fingerprint density at radius 1 is 0.266 bits per heavy atom. The Kier molecular flexibility index (Phi) is 79.8. The first-order chi connectivity index (χ1) is 52.9. The third kappa shape index (κ3) is 82.4. The zero-order valence-electron chi connectivity index (χ0n) is 71.9. The van der Waals surface area contributed by atoms with E-state index >= 15 is 0 Å². The molecule has 3 N–H and O–H groups in total. The van der Waals surface area contributed by atoms with Gasteiger partial charge in [-0.15, -0.1) is 0 Å². The monoisotopic (exact) mass is 1590 g/mol. The SMILES string of the molecule is CCCCCCCCCCCCCCCCCCCCC(=O)O[C@H](COC(=O)CCCCCCCCCCCCCC)COP(=O)(O)OC[C@H](O)COP(=O)(O)OC[C@@H](COC(=O)CCCCCCCCCCCCCCCCC(C)CC)OC(=O)CCCCCCCCCCCCCCCCCCCCC(C)C. The molecule has 0 heterocycles. The summed E-state index contributed by atoms with van der Waals surface area (Å²) in [4.78, 5) is 73.4. The van der Waals surface area contributed by atoms with Crippen molar-refractivity contribution < 1.29 is 80.2 Å². The first-order valence-electron chi connectivity index (χ1n) is 46.5. The van der Waals surface area contributed by atoms with Gasteiger partial charge in [-0.2, -0.15) is 0 Å². The van der Waals surface area contributed by atoms with Gasteiger partial charge in [0.05, 0.1) is 26.4 Å². The van der Waals surface area contributed by atoms with E-state index in [0.717, 1.165) is 102 Å². The summed E-state index contributed by atoms with van der Waals surface area (Å²) >= 11 is 0. The number of hydrogen-bond donors (Lipinski definition) is 3. The zero-order valence-corrected chi connectivity index (χ0v) is 73.7. The van der Waals surface area contributed by atoms with Gasteiger partial charge < -0.3 is 33.8 Å². The number of esters is 4. The highest BCUT2D eigenvalue weighted by Gasteiger charge is 2.31. The van der Waals surface area contributed by atoms with E-state index in [1.54, 1.807) is 0 Å². The lowest BCUT2D eigenvalue weighted by Gasteiger charge is -2.21. The van der Waals surface area contributed by atoms with Crippen LogP contribution in [-0.2, 0) is 65.4 Å². The average Bonchev–Trinajstić information content (AvgIpc) is 0.898. The van der Waals surface area contributed by atoms with Crippen molar-refractivity contribution in [3.63, 3.8) is 0 Å². The predicted octanol–water partition coefficient (Wildman–Crippen LogP) is 27.8. The van der Waals surface area contributed by atoms with Gasteiger partial charge >= 0.3 is 39.5 Å². The highest BCUT2D eigenvalue weighted by Crippen LogP contribution is 2.45. The molecule has 648 valence electrons. The Morgan fingerprint density at radius 3 is 0.697 bits per heavy atom. The van der Waals surface area contributed by atoms with Gasteiger partial charge in [0, 0.05) is 25.7 Å². The molecule has 109 heavy (non-hydrogen) atoms. The number of aliphatic hydroxyl groups is 1. The Bertz CT molecular complexity index is 2080. The number of phosphoric ester groups is 2. The van der Waals surface area contributed by atoms with Gasteiger partial charge in [-0.25, -0.2) is 9.13 Å². The highest BCUT2D eigenvalue weighted by molar-refractivity contribution is 7.47. The van der Waals surface area contributed by atoms with E-state index in [0.29, 0.717) is 25.7 Å². The highest BCUT2D eigenvalue weighted by atomic mass is 31.2. The van der Waals surface area contributed by atoms with Crippen LogP contribution in [0.1, 0.15) is 485 Å². The number of hydrogen-bond acceptors (Lipinski definition) is 15. The summed E-state index contributed by atoms with van der Waals surface area (Å²) in [6, 6.07) is 0. The molecular weight excluding hydrogens is 1410 g/mol. The molecule has 0 aliphatic carbocycles. The summed E-state index contributed by atoms with van der Waals surface area (Å²) in [5, 5.41) is 10.7. The van der Waals surface area contributed by atoms with Crippen LogP contribution in [0, 0.1) is 11.8 Å². The molecule has 0 radical (unpaired) electrons. The van der Waals surface area contributed by atoms with Crippen LogP contribution in [0.4, 0.5) is 0 Å². The molecule has 0 rings (SSSR count). The topological polar surface area (TPSA) is 237 Å². The van der Waals surface area contributed by atoms with Crippen molar-refractivity contribution in [3.05, 3.63) is 0 Å². The Labute approximate surface area is 670 Å². The van der Waals surface area contributed by atoms with Crippen LogP contribution in [0.3, 0.4) is 0 Å². The summed E-state index contributed by atoms with van der Waals surface area (Å²) in [6.45, 7) is 9.80. The molecule has 17 nitrogen and oxygen atoms in total. The molecule has 3 unspecified atom stereocenters. The third-order valence-electron chi connectivity index (χ3n) is 21.6. The number of phosphoric acid groups is 2. The van der Waals surface area contributed by atoms with Crippen LogP contribution >= 0.6 is 15.6 Å². The molecule has 0 aromatic heterocycles. The minimum atomic E-state index is -4.97. The molecule has 0 aromatic carbocycles. The minimum absolute atomic E-state index is 0.109. The lowest BCUT2D eigenvalue weighted by Crippen LogP contribution is -2.30. The quantitative estimate of drug-likeness (QED) is 0.0222. The molecule has 0 aromatic rings. The largest absolute Gasteiger partial charge is 0.472 e. The molecule has 0 aliphatic rings. The average molecular weight is 1590 g/mol. The first kappa shape index (κ1) is 107. The molecule has 19 heteroatoms. The molecule has 0 spiro atoms. The molecule has 0 fully saturated rings. The maximum atomic E-state index is 13.2. The van der Waals surface area contributed by atoms with E-state index in [4.69, 9.17) is 37.0 Å². The van der Waals surface area contributed by atoms with Crippen molar-refractivity contribution in [1.82, 2.24) is 0 Å². The van der Waals surface area contributed by atoms with E-state index in [1.807, 2.05) is 0 Å². The predicted molar refractivity (Wildman–Crippen MR) is 451 cm³/mol. The van der Waals surface area contributed by atoms with Gasteiger partial charge in [-0.05, 0) is 37.5 Å². The van der Waals surface area contributed by atoms with E-state index in [9.17, 15) is 43.2 Å². The third-order valence-corrected chi connectivity index (χ3v) is 23.5. The van der Waals surface area contributed by atoms with Gasteiger partial charge in [0.2, 0.25) is 0 Å². The standard InChI is InChI=1S/C90H176O17P2/c1-7-10-12-14-16-18-20-22-23-24-28-31-38-44-50-56-62-68-74-89(94)106-85(78-100-87(92)72-66-60-54-48-42-21-19-17-15-13-11-8-2)80-104-108(96,97)102-76-84(91)77-103-109(98,99)105-81-86(79-101-88(93)73-67-61-55-49-43-37-34-33-36-41-47-53-59-65-71-83(6)9-3)107-90(95)75-69-63-57-51-45-39-32-29-26-25-27-30-35-40-46-52-58-64-70-82(4)5/h82-86,91H,7-81H2,1-6H3,(H,96,97)(H,98,99)/t83?,84-,85+,86+/m0/s1. The first-order valence-corrected chi connectivity index (χ1v) is 49.5. The minimum Gasteiger partial charge on any atom is -0.462 e. The van der Waals surface area contributed by atoms with Gasteiger partial charge in [0.15, 0.2) is 12.2 Å². The van der Waals surface area contributed by atoms with Crippen molar-refractivity contribution in [2.24, 2.45) is 11.8 Å².